The molecule has 0 aromatic heterocycles. The second-order valence-electron chi connectivity index (χ2n) is 3.21. The molecule has 1 aliphatic rings. The average molecular weight is 226 g/mol. The van der Waals surface area contributed by atoms with Crippen molar-refractivity contribution in [3.8, 4) is 0 Å². The van der Waals surface area contributed by atoms with Gasteiger partial charge in [0.15, 0.2) is 0 Å². The molecule has 2 heteroatoms. The van der Waals surface area contributed by atoms with E-state index in [-0.39, 0.29) is 0 Å². The largest absolute Gasteiger partial charge is 0.316 e. The summed E-state index contributed by atoms with van der Waals surface area (Å²) in [5.41, 5.74) is 1.45. The summed E-state index contributed by atoms with van der Waals surface area (Å²) >= 11 is 3.58. The monoisotopic (exact) mass is 225 g/mol. The van der Waals surface area contributed by atoms with E-state index in [1.165, 1.54) is 16.5 Å². The van der Waals surface area contributed by atoms with Gasteiger partial charge >= 0.3 is 0 Å². The molecule has 12 heavy (non-hydrogen) atoms. The van der Waals surface area contributed by atoms with Crippen molar-refractivity contribution < 1.29 is 0 Å². The molecule has 1 aromatic carbocycles. The normalized spacial score (nSPS) is 22.9. The molecule has 1 nitrogen and oxygen atoms in total. The minimum Gasteiger partial charge on any atom is -0.316 e. The Hall–Kier alpha value is -0.340. The molecule has 1 heterocycles. The Kier molecular flexibility index (Phi) is 2.47. The van der Waals surface area contributed by atoms with Gasteiger partial charge in [-0.3, -0.25) is 0 Å². The van der Waals surface area contributed by atoms with Crippen LogP contribution >= 0.6 is 15.9 Å². The molecule has 1 aromatic rings. The van der Waals surface area contributed by atoms with Crippen LogP contribution in [-0.4, -0.2) is 13.1 Å². The van der Waals surface area contributed by atoms with Gasteiger partial charge in [-0.2, -0.15) is 0 Å². The molecule has 1 N–H and O–H groups in total. The summed E-state index contributed by atoms with van der Waals surface area (Å²) in [5, 5.41) is 3.38. The van der Waals surface area contributed by atoms with E-state index in [9.17, 15) is 0 Å². The third-order valence-corrected chi connectivity index (χ3v) is 3.13. The zero-order valence-electron chi connectivity index (χ0n) is 6.89. The lowest BCUT2D eigenvalue weighted by Gasteiger charge is -2.09. The first-order chi connectivity index (χ1) is 5.88. The van der Waals surface area contributed by atoms with E-state index in [1.807, 2.05) is 0 Å². The summed E-state index contributed by atoms with van der Waals surface area (Å²) in [7, 11) is 0. The lowest BCUT2D eigenvalue weighted by molar-refractivity contribution is 0.759. The first-order valence-electron chi connectivity index (χ1n) is 4.33. The van der Waals surface area contributed by atoms with Crippen LogP contribution in [0.25, 0.3) is 0 Å². The van der Waals surface area contributed by atoms with Crippen molar-refractivity contribution in [3.05, 3.63) is 34.3 Å². The number of nitrogens with one attached hydrogen (secondary N) is 1. The molecule has 0 spiro atoms. The Balaban J connectivity index is 2.26. The third kappa shape index (κ3) is 1.54. The molecule has 0 radical (unpaired) electrons. The number of hydrogen-bond donors (Lipinski definition) is 1. The lowest BCUT2D eigenvalue weighted by atomic mass is 9.99. The molecule has 1 unspecified atom stereocenters. The van der Waals surface area contributed by atoms with Gasteiger partial charge in [-0.15, -0.1) is 0 Å². The molecule has 0 amide bonds. The topological polar surface area (TPSA) is 12.0 Å². The van der Waals surface area contributed by atoms with Gasteiger partial charge in [0.2, 0.25) is 0 Å². The number of halogens is 1. The minimum atomic E-state index is 0.709. The highest BCUT2D eigenvalue weighted by molar-refractivity contribution is 9.10. The van der Waals surface area contributed by atoms with Gasteiger partial charge in [0.25, 0.3) is 0 Å². The van der Waals surface area contributed by atoms with Crippen molar-refractivity contribution >= 4 is 15.9 Å². The van der Waals surface area contributed by atoms with E-state index in [0.29, 0.717) is 5.92 Å². The van der Waals surface area contributed by atoms with E-state index in [2.05, 4.69) is 45.5 Å². The lowest BCUT2D eigenvalue weighted by Crippen LogP contribution is -2.08. The van der Waals surface area contributed by atoms with Crippen molar-refractivity contribution in [2.75, 3.05) is 13.1 Å². The summed E-state index contributed by atoms with van der Waals surface area (Å²) in [6, 6.07) is 8.50. The average Bonchev–Trinajstić information content (AvgIpc) is 2.57. The molecular weight excluding hydrogens is 214 g/mol. The molecule has 0 aliphatic carbocycles. The molecule has 64 valence electrons. The molecule has 0 saturated carbocycles. The van der Waals surface area contributed by atoms with Gasteiger partial charge in [0.05, 0.1) is 0 Å². The van der Waals surface area contributed by atoms with E-state index >= 15 is 0 Å². The van der Waals surface area contributed by atoms with Crippen LogP contribution in [0.15, 0.2) is 28.7 Å². The highest BCUT2D eigenvalue weighted by atomic mass is 79.9. The van der Waals surface area contributed by atoms with Crippen LogP contribution < -0.4 is 5.32 Å². The summed E-state index contributed by atoms with van der Waals surface area (Å²) in [4.78, 5) is 0. The molecule has 1 atom stereocenters. The highest BCUT2D eigenvalue weighted by Gasteiger charge is 2.17. The first kappa shape index (κ1) is 8.27. The molecule has 2 rings (SSSR count). The molecule has 0 bridgehead atoms. The van der Waals surface area contributed by atoms with E-state index in [4.69, 9.17) is 0 Å². The molecule has 1 saturated heterocycles. The van der Waals surface area contributed by atoms with Crippen LogP contribution in [0.3, 0.4) is 0 Å². The molecular formula is C10H12BrN. The zero-order chi connectivity index (χ0) is 8.39. The zero-order valence-corrected chi connectivity index (χ0v) is 8.47. The Morgan fingerprint density at radius 2 is 2.17 bits per heavy atom. The Bertz CT molecular complexity index is 266. The summed E-state index contributed by atoms with van der Waals surface area (Å²) < 4.78 is 1.25. The van der Waals surface area contributed by atoms with Crippen LogP contribution in [0.5, 0.6) is 0 Å². The van der Waals surface area contributed by atoms with Gasteiger partial charge in [-0.1, -0.05) is 34.1 Å². The highest BCUT2D eigenvalue weighted by Crippen LogP contribution is 2.28. The second-order valence-corrected chi connectivity index (χ2v) is 4.07. The summed E-state index contributed by atoms with van der Waals surface area (Å²) in [5.74, 6) is 0.709. The van der Waals surface area contributed by atoms with E-state index < -0.39 is 0 Å². The quantitative estimate of drug-likeness (QED) is 0.775. The Morgan fingerprint density at radius 1 is 1.33 bits per heavy atom. The standard InChI is InChI=1S/C10H12BrN/c11-10-4-2-1-3-9(10)8-5-6-12-7-8/h1-4,8,12H,5-7H2. The predicted octanol–water partition coefficient (Wildman–Crippen LogP) is 2.53. The fourth-order valence-electron chi connectivity index (χ4n) is 1.73. The first-order valence-corrected chi connectivity index (χ1v) is 5.12. The van der Waals surface area contributed by atoms with Gasteiger partial charge < -0.3 is 5.32 Å². The smallest absolute Gasteiger partial charge is 0.0210 e. The fraction of sp³-hybridized carbons (Fsp3) is 0.400. The van der Waals surface area contributed by atoms with Crippen molar-refractivity contribution in [2.24, 2.45) is 0 Å². The maximum atomic E-state index is 3.58. The van der Waals surface area contributed by atoms with Crippen LogP contribution in [0.1, 0.15) is 17.9 Å². The van der Waals surface area contributed by atoms with Gasteiger partial charge in [-0.25, -0.2) is 0 Å². The van der Waals surface area contributed by atoms with Crippen molar-refractivity contribution in [1.82, 2.24) is 5.32 Å². The van der Waals surface area contributed by atoms with Crippen LogP contribution in [0, 0.1) is 0 Å². The van der Waals surface area contributed by atoms with Gasteiger partial charge in [-0.05, 0) is 30.5 Å². The molecule has 1 aliphatic heterocycles. The second kappa shape index (κ2) is 3.58. The van der Waals surface area contributed by atoms with Gasteiger partial charge in [0, 0.05) is 11.0 Å². The predicted molar refractivity (Wildman–Crippen MR) is 54.4 cm³/mol. The fourth-order valence-corrected chi connectivity index (χ4v) is 2.33. The SMILES string of the molecule is Brc1ccccc1C1CCNC1. The summed E-state index contributed by atoms with van der Waals surface area (Å²) in [6.07, 6.45) is 1.27. The van der Waals surface area contributed by atoms with Crippen molar-refractivity contribution in [3.63, 3.8) is 0 Å². The third-order valence-electron chi connectivity index (χ3n) is 2.41. The Labute approximate surface area is 81.3 Å². The maximum Gasteiger partial charge on any atom is 0.0210 e. The van der Waals surface area contributed by atoms with Gasteiger partial charge in [0.1, 0.15) is 0 Å². The Morgan fingerprint density at radius 3 is 2.83 bits per heavy atom. The number of rotatable bonds is 1. The van der Waals surface area contributed by atoms with Crippen molar-refractivity contribution in [1.29, 1.82) is 0 Å². The maximum absolute atomic E-state index is 3.58. The van der Waals surface area contributed by atoms with E-state index in [1.54, 1.807) is 0 Å². The number of benzene rings is 1. The minimum absolute atomic E-state index is 0.709. The van der Waals surface area contributed by atoms with E-state index in [0.717, 1.165) is 13.1 Å². The van der Waals surface area contributed by atoms with Crippen LogP contribution in [0.2, 0.25) is 0 Å². The van der Waals surface area contributed by atoms with Crippen molar-refractivity contribution in [2.45, 2.75) is 12.3 Å². The van der Waals surface area contributed by atoms with Crippen LogP contribution in [0.4, 0.5) is 0 Å². The summed E-state index contributed by atoms with van der Waals surface area (Å²) in [6.45, 7) is 2.29. The molecule has 1 fully saturated rings. The van der Waals surface area contributed by atoms with Crippen LogP contribution in [-0.2, 0) is 0 Å². The number of hydrogen-bond acceptors (Lipinski definition) is 1.